The van der Waals surface area contributed by atoms with Gasteiger partial charge >= 0.3 is 5.97 Å². The molecular formula is C22H12BrCl2NO2S. The van der Waals surface area contributed by atoms with Gasteiger partial charge in [0.05, 0.1) is 26.7 Å². The number of benzene rings is 3. The van der Waals surface area contributed by atoms with Crippen LogP contribution in [0.4, 0.5) is 0 Å². The summed E-state index contributed by atoms with van der Waals surface area (Å²) in [5.41, 5.74) is 1.93. The summed E-state index contributed by atoms with van der Waals surface area (Å²) in [5.74, 6) is -1.02. The van der Waals surface area contributed by atoms with Gasteiger partial charge in [0, 0.05) is 25.3 Å². The molecule has 0 spiro atoms. The number of rotatable bonds is 4. The van der Waals surface area contributed by atoms with Crippen LogP contribution in [0.1, 0.15) is 10.4 Å². The maximum atomic E-state index is 12.3. The van der Waals surface area contributed by atoms with E-state index in [1.54, 1.807) is 36.4 Å². The summed E-state index contributed by atoms with van der Waals surface area (Å²) < 4.78 is 0.943. The van der Waals surface area contributed by atoms with Crippen LogP contribution < -0.4 is 0 Å². The molecule has 0 saturated carbocycles. The fraction of sp³-hybridized carbons (Fsp3) is 0. The van der Waals surface area contributed by atoms with Crippen LogP contribution in [0.2, 0.25) is 10.0 Å². The predicted octanol–water partition coefficient (Wildman–Crippen LogP) is 7.82. The molecule has 7 heteroatoms. The molecule has 0 unspecified atom stereocenters. The van der Waals surface area contributed by atoms with Gasteiger partial charge in [-0.15, -0.1) is 0 Å². The zero-order valence-electron chi connectivity index (χ0n) is 14.7. The first-order chi connectivity index (χ1) is 13.9. The number of hydrogen-bond donors (Lipinski definition) is 1. The van der Waals surface area contributed by atoms with Crippen LogP contribution in [-0.4, -0.2) is 16.1 Å². The van der Waals surface area contributed by atoms with Crippen LogP contribution in [0.3, 0.4) is 0 Å². The first-order valence-corrected chi connectivity index (χ1v) is 10.9. The molecule has 1 N–H and O–H groups in total. The van der Waals surface area contributed by atoms with Crippen LogP contribution in [0.15, 0.2) is 81.0 Å². The minimum Gasteiger partial charge on any atom is -0.478 e. The molecule has 4 aromatic rings. The van der Waals surface area contributed by atoms with Gasteiger partial charge in [0.25, 0.3) is 0 Å². The average Bonchev–Trinajstić information content (AvgIpc) is 2.69. The first-order valence-electron chi connectivity index (χ1n) is 8.49. The van der Waals surface area contributed by atoms with E-state index in [2.05, 4.69) is 15.9 Å². The first kappa shape index (κ1) is 20.2. The minimum absolute atomic E-state index is 0.199. The second kappa shape index (κ2) is 8.36. The number of carboxylic acid groups (broad SMARTS) is 1. The van der Waals surface area contributed by atoms with Gasteiger partial charge in [-0.3, -0.25) is 0 Å². The fourth-order valence-electron chi connectivity index (χ4n) is 2.99. The van der Waals surface area contributed by atoms with Gasteiger partial charge in [-0.25, -0.2) is 9.78 Å². The number of halogens is 3. The Balaban J connectivity index is 2.04. The van der Waals surface area contributed by atoms with Crippen molar-refractivity contribution >= 4 is 67.8 Å². The van der Waals surface area contributed by atoms with Crippen molar-refractivity contribution < 1.29 is 9.90 Å². The molecule has 0 aliphatic heterocycles. The number of nitrogens with zero attached hydrogens (tertiary/aromatic N) is 1. The summed E-state index contributed by atoms with van der Waals surface area (Å²) in [4.78, 5) is 18.5. The van der Waals surface area contributed by atoms with Gasteiger partial charge in [-0.2, -0.15) is 0 Å². The Labute approximate surface area is 189 Å². The highest BCUT2D eigenvalue weighted by atomic mass is 79.9. The largest absolute Gasteiger partial charge is 0.478 e. The summed E-state index contributed by atoms with van der Waals surface area (Å²) in [5, 5.41) is 11.6. The van der Waals surface area contributed by atoms with Crippen molar-refractivity contribution in [1.82, 2.24) is 4.98 Å². The molecule has 0 aliphatic rings. The molecule has 29 heavy (non-hydrogen) atoms. The van der Waals surface area contributed by atoms with Crippen molar-refractivity contribution in [2.45, 2.75) is 9.79 Å². The lowest BCUT2D eigenvalue weighted by atomic mass is 10.0. The van der Waals surface area contributed by atoms with E-state index in [0.29, 0.717) is 37.1 Å². The van der Waals surface area contributed by atoms with Crippen LogP contribution in [0, 0.1) is 0 Å². The second-order valence-electron chi connectivity index (χ2n) is 6.17. The normalized spacial score (nSPS) is 11.0. The number of carboxylic acids is 1. The van der Waals surface area contributed by atoms with Crippen molar-refractivity contribution in [2.24, 2.45) is 0 Å². The van der Waals surface area contributed by atoms with Gasteiger partial charge in [-0.05, 0) is 48.5 Å². The number of pyridine rings is 1. The van der Waals surface area contributed by atoms with Crippen LogP contribution in [0.25, 0.3) is 22.2 Å². The fourth-order valence-corrected chi connectivity index (χ4v) is 4.81. The Bertz CT molecular complexity index is 1250. The van der Waals surface area contributed by atoms with Crippen LogP contribution in [0.5, 0.6) is 0 Å². The molecule has 0 aliphatic carbocycles. The molecular weight excluding hydrogens is 493 g/mol. The molecule has 1 aromatic heterocycles. The van der Waals surface area contributed by atoms with E-state index in [-0.39, 0.29) is 5.56 Å². The highest BCUT2D eigenvalue weighted by molar-refractivity contribution is 9.10. The number of para-hydroxylation sites is 1. The molecule has 0 radical (unpaired) electrons. The molecule has 0 atom stereocenters. The average molecular weight is 505 g/mol. The molecule has 3 nitrogen and oxygen atoms in total. The van der Waals surface area contributed by atoms with E-state index in [1.807, 2.05) is 30.3 Å². The Morgan fingerprint density at radius 3 is 2.41 bits per heavy atom. The third-order valence-corrected chi connectivity index (χ3v) is 6.47. The van der Waals surface area contributed by atoms with Gasteiger partial charge in [0.2, 0.25) is 0 Å². The van der Waals surface area contributed by atoms with E-state index >= 15 is 0 Å². The molecule has 0 amide bonds. The van der Waals surface area contributed by atoms with E-state index in [0.717, 1.165) is 9.37 Å². The number of aromatic nitrogens is 1. The number of carbonyl (C=O) groups is 1. The van der Waals surface area contributed by atoms with Crippen molar-refractivity contribution in [3.8, 4) is 11.3 Å². The Morgan fingerprint density at radius 1 is 1.00 bits per heavy atom. The molecule has 3 aromatic carbocycles. The summed E-state index contributed by atoms with van der Waals surface area (Å²) in [7, 11) is 0. The molecule has 0 saturated heterocycles. The lowest BCUT2D eigenvalue weighted by molar-refractivity contribution is 0.0695. The van der Waals surface area contributed by atoms with E-state index in [4.69, 9.17) is 28.2 Å². The second-order valence-corrected chi connectivity index (χ2v) is 9.01. The number of aromatic carboxylic acids is 1. The van der Waals surface area contributed by atoms with Crippen molar-refractivity contribution in [3.05, 3.63) is 86.8 Å². The van der Waals surface area contributed by atoms with Gasteiger partial charge < -0.3 is 5.11 Å². The lowest BCUT2D eigenvalue weighted by Gasteiger charge is -2.16. The summed E-state index contributed by atoms with van der Waals surface area (Å²) >= 11 is 17.3. The third kappa shape index (κ3) is 4.14. The monoisotopic (exact) mass is 503 g/mol. The maximum Gasteiger partial charge on any atom is 0.337 e. The summed E-state index contributed by atoms with van der Waals surface area (Å²) in [6.45, 7) is 0. The zero-order valence-corrected chi connectivity index (χ0v) is 18.6. The van der Waals surface area contributed by atoms with E-state index < -0.39 is 5.97 Å². The Kier molecular flexibility index (Phi) is 5.83. The van der Waals surface area contributed by atoms with Crippen LogP contribution >= 0.6 is 50.9 Å². The van der Waals surface area contributed by atoms with Gasteiger partial charge in [0.1, 0.15) is 0 Å². The van der Waals surface area contributed by atoms with E-state index in [9.17, 15) is 9.90 Å². The number of fused-ring (bicyclic) bond motifs is 1. The summed E-state index contributed by atoms with van der Waals surface area (Å²) in [6.07, 6.45) is 0. The molecule has 1 heterocycles. The van der Waals surface area contributed by atoms with Crippen LogP contribution in [-0.2, 0) is 0 Å². The lowest BCUT2D eigenvalue weighted by Crippen LogP contribution is -2.04. The Morgan fingerprint density at radius 2 is 1.72 bits per heavy atom. The Hall–Kier alpha value is -2.05. The van der Waals surface area contributed by atoms with Crippen molar-refractivity contribution in [2.75, 3.05) is 0 Å². The smallest absolute Gasteiger partial charge is 0.337 e. The molecule has 144 valence electrons. The molecule has 0 fully saturated rings. The van der Waals surface area contributed by atoms with Gasteiger partial charge in [-0.1, -0.05) is 69.1 Å². The van der Waals surface area contributed by atoms with Crippen molar-refractivity contribution in [3.63, 3.8) is 0 Å². The highest BCUT2D eigenvalue weighted by Crippen LogP contribution is 2.43. The quantitative estimate of drug-likeness (QED) is 0.307. The SMILES string of the molecule is O=C(O)c1c(Sc2ccc(Br)cc2)c(-c2ccc(Cl)cc2Cl)nc2ccccc12. The zero-order chi connectivity index (χ0) is 20.5. The molecule has 4 rings (SSSR count). The minimum atomic E-state index is -1.02. The topological polar surface area (TPSA) is 50.2 Å². The van der Waals surface area contributed by atoms with Crippen molar-refractivity contribution in [1.29, 1.82) is 0 Å². The number of hydrogen-bond acceptors (Lipinski definition) is 3. The summed E-state index contributed by atoms with van der Waals surface area (Å²) in [6, 6.07) is 20.0. The third-order valence-electron chi connectivity index (χ3n) is 4.28. The van der Waals surface area contributed by atoms with Gasteiger partial charge in [0.15, 0.2) is 0 Å². The maximum absolute atomic E-state index is 12.3. The highest BCUT2D eigenvalue weighted by Gasteiger charge is 2.23. The predicted molar refractivity (Wildman–Crippen MR) is 122 cm³/mol. The standard InChI is InChI=1S/C22H12BrCl2NO2S/c23-12-5-8-14(9-6-12)29-21-19(22(27)28)16-3-1-2-4-18(16)26-20(21)15-10-7-13(24)11-17(15)25/h1-11H,(H,27,28). The van der Waals surface area contributed by atoms with E-state index in [1.165, 1.54) is 11.8 Å². The molecule has 0 bridgehead atoms.